The van der Waals surface area contributed by atoms with E-state index in [1.54, 1.807) is 50.3 Å². The van der Waals surface area contributed by atoms with E-state index in [2.05, 4.69) is 5.10 Å². The van der Waals surface area contributed by atoms with Crippen molar-refractivity contribution in [3.8, 4) is 39.9 Å². The van der Waals surface area contributed by atoms with Crippen LogP contribution in [0.1, 0.15) is 21.5 Å². The van der Waals surface area contributed by atoms with Gasteiger partial charge < -0.3 is 24.6 Å². The second-order valence-corrected chi connectivity index (χ2v) is 8.15. The standard InChI is InChI=1S/C27H27N3O5/c1-17-7-5-6-8-21(17)30-22(11-12-28-30)19-14-20(24(32)15-23(19)31)27(33)29(2)16-18-9-10-25(34-3)26(13-18)35-4/h5-15,31-32H,16H2,1-4H3. The van der Waals surface area contributed by atoms with Crippen LogP contribution in [0, 0.1) is 6.92 Å². The number of benzene rings is 3. The highest BCUT2D eigenvalue weighted by atomic mass is 16.5. The summed E-state index contributed by atoms with van der Waals surface area (Å²) in [7, 11) is 4.75. The summed E-state index contributed by atoms with van der Waals surface area (Å²) >= 11 is 0. The molecule has 0 saturated heterocycles. The van der Waals surface area contributed by atoms with E-state index >= 15 is 0 Å². The number of carbonyl (C=O) groups is 1. The number of aromatic hydroxyl groups is 2. The van der Waals surface area contributed by atoms with Gasteiger partial charge in [0.25, 0.3) is 5.91 Å². The van der Waals surface area contributed by atoms with Crippen LogP contribution >= 0.6 is 0 Å². The van der Waals surface area contributed by atoms with Crippen molar-refractivity contribution >= 4 is 5.91 Å². The maximum absolute atomic E-state index is 13.3. The third kappa shape index (κ3) is 4.63. The molecule has 180 valence electrons. The molecule has 0 spiro atoms. The number of hydrogen-bond acceptors (Lipinski definition) is 6. The lowest BCUT2D eigenvalue weighted by atomic mass is 10.0. The Balaban J connectivity index is 1.67. The summed E-state index contributed by atoms with van der Waals surface area (Å²) in [4.78, 5) is 14.8. The lowest BCUT2D eigenvalue weighted by molar-refractivity contribution is 0.0782. The van der Waals surface area contributed by atoms with Gasteiger partial charge >= 0.3 is 0 Å². The molecule has 2 N–H and O–H groups in total. The number of para-hydroxylation sites is 1. The zero-order valence-electron chi connectivity index (χ0n) is 20.0. The third-order valence-corrected chi connectivity index (χ3v) is 5.82. The lowest BCUT2D eigenvalue weighted by Crippen LogP contribution is -2.26. The van der Waals surface area contributed by atoms with Crippen LogP contribution in [-0.2, 0) is 6.54 Å². The molecule has 8 heteroatoms. The summed E-state index contributed by atoms with van der Waals surface area (Å²) in [6.45, 7) is 2.24. The third-order valence-electron chi connectivity index (χ3n) is 5.82. The first-order valence-corrected chi connectivity index (χ1v) is 11.0. The SMILES string of the molecule is COc1ccc(CN(C)C(=O)c2cc(-c3ccnn3-c3ccccc3C)c(O)cc2O)cc1OC. The van der Waals surface area contributed by atoms with Crippen molar-refractivity contribution in [2.45, 2.75) is 13.5 Å². The molecule has 8 nitrogen and oxygen atoms in total. The lowest BCUT2D eigenvalue weighted by Gasteiger charge is -2.20. The van der Waals surface area contributed by atoms with Gasteiger partial charge in [0, 0.05) is 25.2 Å². The molecule has 0 saturated carbocycles. The van der Waals surface area contributed by atoms with E-state index in [4.69, 9.17) is 9.47 Å². The molecule has 0 aliphatic rings. The van der Waals surface area contributed by atoms with Gasteiger partial charge in [-0.2, -0.15) is 5.10 Å². The first-order valence-electron chi connectivity index (χ1n) is 11.0. The molecule has 1 amide bonds. The molecule has 0 aliphatic heterocycles. The number of ether oxygens (including phenoxy) is 2. The smallest absolute Gasteiger partial charge is 0.257 e. The predicted molar refractivity (Wildman–Crippen MR) is 132 cm³/mol. The number of hydrogen-bond donors (Lipinski definition) is 2. The van der Waals surface area contributed by atoms with Crippen molar-refractivity contribution in [3.05, 3.63) is 83.6 Å². The average Bonchev–Trinajstić information content (AvgIpc) is 3.33. The highest BCUT2D eigenvalue weighted by Crippen LogP contribution is 2.37. The van der Waals surface area contributed by atoms with Crippen LogP contribution < -0.4 is 9.47 Å². The molecular weight excluding hydrogens is 446 g/mol. The Labute approximate surface area is 203 Å². The molecule has 35 heavy (non-hydrogen) atoms. The number of amides is 1. The zero-order chi connectivity index (χ0) is 25.1. The van der Waals surface area contributed by atoms with E-state index in [1.165, 1.54) is 17.0 Å². The van der Waals surface area contributed by atoms with Crippen LogP contribution in [0.5, 0.6) is 23.0 Å². The summed E-state index contributed by atoms with van der Waals surface area (Å²) < 4.78 is 12.3. The normalized spacial score (nSPS) is 10.7. The van der Waals surface area contributed by atoms with Crippen molar-refractivity contribution in [2.24, 2.45) is 0 Å². The van der Waals surface area contributed by atoms with Crippen molar-refractivity contribution in [3.63, 3.8) is 0 Å². The molecule has 3 aromatic carbocycles. The number of aromatic nitrogens is 2. The predicted octanol–water partition coefficient (Wildman–Crippen LogP) is 4.55. The van der Waals surface area contributed by atoms with Crippen molar-refractivity contribution in [1.82, 2.24) is 14.7 Å². The minimum atomic E-state index is -0.402. The molecule has 0 bridgehead atoms. The van der Waals surface area contributed by atoms with Gasteiger partial charge in [-0.15, -0.1) is 0 Å². The van der Waals surface area contributed by atoms with Gasteiger partial charge in [-0.05, 0) is 48.4 Å². The van der Waals surface area contributed by atoms with Crippen LogP contribution in [0.25, 0.3) is 16.9 Å². The van der Waals surface area contributed by atoms with Gasteiger partial charge in [0.2, 0.25) is 0 Å². The Morgan fingerprint density at radius 2 is 1.71 bits per heavy atom. The summed E-state index contributed by atoms with van der Waals surface area (Å²) in [5.41, 5.74) is 3.72. The Kier molecular flexibility index (Phi) is 6.64. The molecule has 1 aromatic heterocycles. The van der Waals surface area contributed by atoms with Crippen LogP contribution in [0.2, 0.25) is 0 Å². The fourth-order valence-electron chi connectivity index (χ4n) is 3.98. The molecule has 0 aliphatic carbocycles. The van der Waals surface area contributed by atoms with E-state index < -0.39 is 5.91 Å². The number of rotatable bonds is 7. The summed E-state index contributed by atoms with van der Waals surface area (Å²) in [5.74, 6) is 0.288. The quantitative estimate of drug-likeness (QED) is 0.409. The first-order chi connectivity index (χ1) is 16.8. The van der Waals surface area contributed by atoms with Crippen molar-refractivity contribution in [1.29, 1.82) is 0 Å². The number of nitrogens with zero attached hydrogens (tertiary/aromatic N) is 3. The fourth-order valence-corrected chi connectivity index (χ4v) is 3.98. The highest BCUT2D eigenvalue weighted by Gasteiger charge is 2.22. The molecule has 0 unspecified atom stereocenters. The van der Waals surface area contributed by atoms with Gasteiger partial charge in [0.1, 0.15) is 11.5 Å². The Morgan fingerprint density at radius 3 is 2.43 bits per heavy atom. The van der Waals surface area contributed by atoms with Gasteiger partial charge in [-0.1, -0.05) is 24.3 Å². The van der Waals surface area contributed by atoms with Crippen molar-refractivity contribution in [2.75, 3.05) is 21.3 Å². The van der Waals surface area contributed by atoms with E-state index in [0.717, 1.165) is 16.8 Å². The summed E-state index contributed by atoms with van der Waals surface area (Å²) in [5, 5.41) is 25.6. The van der Waals surface area contributed by atoms with Gasteiger partial charge in [-0.25, -0.2) is 4.68 Å². The number of phenols is 2. The average molecular weight is 474 g/mol. The van der Waals surface area contributed by atoms with Gasteiger partial charge in [0.05, 0.1) is 37.4 Å². The number of phenolic OH excluding ortho intramolecular Hbond substituents is 2. The minimum Gasteiger partial charge on any atom is -0.507 e. The molecule has 0 fully saturated rings. The zero-order valence-corrected chi connectivity index (χ0v) is 20.0. The number of methoxy groups -OCH3 is 2. The van der Waals surface area contributed by atoms with E-state index in [9.17, 15) is 15.0 Å². The Bertz CT molecular complexity index is 1380. The number of carbonyl (C=O) groups excluding carboxylic acids is 1. The van der Waals surface area contributed by atoms with Crippen LogP contribution in [0.4, 0.5) is 0 Å². The Hall–Kier alpha value is -4.46. The van der Waals surface area contributed by atoms with E-state index in [-0.39, 0.29) is 23.6 Å². The molecular formula is C27H27N3O5. The van der Waals surface area contributed by atoms with E-state index in [1.807, 2.05) is 37.3 Å². The second-order valence-electron chi connectivity index (χ2n) is 8.15. The summed E-state index contributed by atoms with van der Waals surface area (Å²) in [6, 6.07) is 17.6. The fraction of sp³-hybridized carbons (Fsp3) is 0.185. The minimum absolute atomic E-state index is 0.0679. The van der Waals surface area contributed by atoms with Crippen LogP contribution in [0.3, 0.4) is 0 Å². The number of aryl methyl sites for hydroxylation is 1. The first kappa shape index (κ1) is 23.7. The maximum atomic E-state index is 13.3. The molecule has 0 radical (unpaired) electrons. The van der Waals surface area contributed by atoms with E-state index in [0.29, 0.717) is 22.8 Å². The molecule has 4 aromatic rings. The monoisotopic (exact) mass is 473 g/mol. The highest BCUT2D eigenvalue weighted by molar-refractivity contribution is 5.98. The second kappa shape index (κ2) is 9.80. The van der Waals surface area contributed by atoms with Gasteiger partial charge in [0.15, 0.2) is 11.5 Å². The molecule has 1 heterocycles. The maximum Gasteiger partial charge on any atom is 0.257 e. The molecule has 0 atom stereocenters. The Morgan fingerprint density at radius 1 is 0.971 bits per heavy atom. The van der Waals surface area contributed by atoms with Crippen molar-refractivity contribution < 1.29 is 24.5 Å². The van der Waals surface area contributed by atoms with Crippen LogP contribution in [-0.4, -0.2) is 52.1 Å². The van der Waals surface area contributed by atoms with Crippen LogP contribution in [0.15, 0.2) is 66.9 Å². The topological polar surface area (TPSA) is 97.1 Å². The molecule has 4 rings (SSSR count). The summed E-state index contributed by atoms with van der Waals surface area (Å²) in [6.07, 6.45) is 1.62. The largest absolute Gasteiger partial charge is 0.507 e. The van der Waals surface area contributed by atoms with Gasteiger partial charge in [-0.3, -0.25) is 4.79 Å².